The van der Waals surface area contributed by atoms with Gasteiger partial charge in [-0.05, 0) is 46.0 Å². The highest BCUT2D eigenvalue weighted by molar-refractivity contribution is 7.17. The van der Waals surface area contributed by atoms with Crippen molar-refractivity contribution in [3.8, 4) is 0 Å². The van der Waals surface area contributed by atoms with Crippen molar-refractivity contribution in [3.05, 3.63) is 10.6 Å². The lowest BCUT2D eigenvalue weighted by atomic mass is 9.96. The number of amides is 2. The van der Waals surface area contributed by atoms with Crippen molar-refractivity contribution in [1.82, 2.24) is 9.88 Å². The van der Waals surface area contributed by atoms with Crippen LogP contribution in [0.4, 0.5) is 5.13 Å². The van der Waals surface area contributed by atoms with Gasteiger partial charge in [-0.2, -0.15) is 0 Å². The molecular formula is C22H33N3O4S. The molecule has 0 bridgehead atoms. The van der Waals surface area contributed by atoms with Crippen LogP contribution >= 0.6 is 11.3 Å². The fourth-order valence-corrected chi connectivity index (χ4v) is 4.88. The van der Waals surface area contributed by atoms with E-state index >= 15 is 0 Å². The van der Waals surface area contributed by atoms with Gasteiger partial charge in [0.1, 0.15) is 4.88 Å². The second-order valence-corrected chi connectivity index (χ2v) is 9.20. The van der Waals surface area contributed by atoms with Crippen LogP contribution in [0.15, 0.2) is 0 Å². The molecule has 3 rings (SSSR count). The zero-order valence-electron chi connectivity index (χ0n) is 18.3. The average molecular weight is 436 g/mol. The van der Waals surface area contributed by atoms with E-state index in [2.05, 4.69) is 11.9 Å². The fraction of sp³-hybridized carbons (Fsp3) is 0.727. The number of carbonyl (C=O) groups excluding carboxylic acids is 3. The Labute approximate surface area is 182 Å². The third-order valence-corrected chi connectivity index (χ3v) is 6.90. The molecule has 30 heavy (non-hydrogen) atoms. The third-order valence-electron chi connectivity index (χ3n) is 5.74. The van der Waals surface area contributed by atoms with Gasteiger partial charge in [-0.3, -0.25) is 14.5 Å². The van der Waals surface area contributed by atoms with Gasteiger partial charge in [-0.1, -0.05) is 31.1 Å². The maximum absolute atomic E-state index is 13.5. The Kier molecular flexibility index (Phi) is 7.86. The van der Waals surface area contributed by atoms with Crippen molar-refractivity contribution in [1.29, 1.82) is 0 Å². The molecule has 0 N–H and O–H groups in total. The second kappa shape index (κ2) is 10.4. The van der Waals surface area contributed by atoms with Crippen molar-refractivity contribution in [2.45, 2.75) is 65.7 Å². The first-order chi connectivity index (χ1) is 14.5. The van der Waals surface area contributed by atoms with E-state index in [1.54, 1.807) is 18.7 Å². The van der Waals surface area contributed by atoms with Gasteiger partial charge >= 0.3 is 5.97 Å². The van der Waals surface area contributed by atoms with Gasteiger partial charge in [0.2, 0.25) is 11.8 Å². The van der Waals surface area contributed by atoms with Gasteiger partial charge in [0.05, 0.1) is 18.2 Å². The predicted molar refractivity (Wildman–Crippen MR) is 117 cm³/mol. The van der Waals surface area contributed by atoms with Crippen LogP contribution in [-0.4, -0.2) is 53.9 Å². The third kappa shape index (κ3) is 5.39. The normalized spacial score (nSPS) is 18.9. The van der Waals surface area contributed by atoms with Crippen molar-refractivity contribution in [3.63, 3.8) is 0 Å². The average Bonchev–Trinajstić information content (AvgIpc) is 3.52. The number of rotatable bonds is 9. The number of esters is 1. The summed E-state index contributed by atoms with van der Waals surface area (Å²) in [6.07, 6.45) is 6.55. The first-order valence-electron chi connectivity index (χ1n) is 11.2. The highest BCUT2D eigenvalue weighted by Gasteiger charge is 2.38. The van der Waals surface area contributed by atoms with E-state index in [0.29, 0.717) is 35.4 Å². The topological polar surface area (TPSA) is 79.8 Å². The number of anilines is 1. The molecule has 2 heterocycles. The summed E-state index contributed by atoms with van der Waals surface area (Å²) < 4.78 is 5.13. The van der Waals surface area contributed by atoms with E-state index in [1.165, 1.54) is 11.3 Å². The Balaban J connectivity index is 1.77. The minimum atomic E-state index is -0.390. The van der Waals surface area contributed by atoms with Crippen LogP contribution in [0.2, 0.25) is 0 Å². The molecule has 0 spiro atoms. The molecule has 1 aliphatic carbocycles. The maximum atomic E-state index is 13.5. The minimum Gasteiger partial charge on any atom is -0.462 e. The number of piperidine rings is 1. The number of aryl methyl sites for hydroxylation is 1. The van der Waals surface area contributed by atoms with Crippen LogP contribution in [-0.2, 0) is 14.3 Å². The minimum absolute atomic E-state index is 0.0172. The zero-order valence-corrected chi connectivity index (χ0v) is 19.1. The summed E-state index contributed by atoms with van der Waals surface area (Å²) in [4.78, 5) is 46.8. The number of nitrogens with zero attached hydrogens (tertiary/aromatic N) is 3. The molecule has 1 aromatic rings. The number of unbranched alkanes of at least 4 members (excludes halogenated alkanes) is 2. The SMILES string of the molecule is CCCCCN(C(=O)C1CCCN(C(=O)C2CC2)C1)c1nc(C)c(C(=O)OCC)s1. The fourth-order valence-electron chi connectivity index (χ4n) is 3.89. The highest BCUT2D eigenvalue weighted by atomic mass is 32.1. The molecule has 2 aliphatic rings. The van der Waals surface area contributed by atoms with E-state index in [1.807, 2.05) is 4.90 Å². The van der Waals surface area contributed by atoms with Gasteiger partial charge in [-0.15, -0.1) is 0 Å². The van der Waals surface area contributed by atoms with Crippen LogP contribution < -0.4 is 4.90 Å². The molecule has 1 aliphatic heterocycles. The van der Waals surface area contributed by atoms with E-state index in [4.69, 9.17) is 4.74 Å². The molecule has 0 aromatic carbocycles. The smallest absolute Gasteiger partial charge is 0.350 e. The number of hydrogen-bond acceptors (Lipinski definition) is 6. The summed E-state index contributed by atoms with van der Waals surface area (Å²) in [6, 6.07) is 0. The molecule has 0 radical (unpaired) electrons. The lowest BCUT2D eigenvalue weighted by Crippen LogP contribution is -2.47. The Bertz CT molecular complexity index is 774. The molecule has 1 unspecified atom stereocenters. The molecule has 1 aromatic heterocycles. The van der Waals surface area contributed by atoms with Gasteiger partial charge in [-0.25, -0.2) is 9.78 Å². The number of likely N-dealkylation sites (tertiary alicyclic amines) is 1. The van der Waals surface area contributed by atoms with Crippen LogP contribution in [0.25, 0.3) is 0 Å². The van der Waals surface area contributed by atoms with E-state index in [9.17, 15) is 14.4 Å². The van der Waals surface area contributed by atoms with Crippen LogP contribution in [0.1, 0.15) is 74.2 Å². The Hall–Kier alpha value is -1.96. The Morgan fingerprint density at radius 1 is 1.17 bits per heavy atom. The molecule has 1 atom stereocenters. The first kappa shape index (κ1) is 22.7. The van der Waals surface area contributed by atoms with Gasteiger partial charge < -0.3 is 9.64 Å². The van der Waals surface area contributed by atoms with Crippen molar-refractivity contribution in [2.75, 3.05) is 31.1 Å². The van der Waals surface area contributed by atoms with Crippen molar-refractivity contribution < 1.29 is 19.1 Å². The first-order valence-corrected chi connectivity index (χ1v) is 12.0. The molecule has 1 saturated carbocycles. The lowest BCUT2D eigenvalue weighted by molar-refractivity contribution is -0.136. The maximum Gasteiger partial charge on any atom is 0.350 e. The largest absolute Gasteiger partial charge is 0.462 e. The monoisotopic (exact) mass is 435 g/mol. The summed E-state index contributed by atoms with van der Waals surface area (Å²) in [6.45, 7) is 7.80. The van der Waals surface area contributed by atoms with Crippen molar-refractivity contribution in [2.24, 2.45) is 11.8 Å². The van der Waals surface area contributed by atoms with E-state index in [-0.39, 0.29) is 23.7 Å². The summed E-state index contributed by atoms with van der Waals surface area (Å²) in [5.74, 6) is -0.201. The van der Waals surface area contributed by atoms with E-state index in [0.717, 1.165) is 51.5 Å². The summed E-state index contributed by atoms with van der Waals surface area (Å²) in [7, 11) is 0. The summed E-state index contributed by atoms with van der Waals surface area (Å²) in [5.41, 5.74) is 0.593. The van der Waals surface area contributed by atoms with Crippen LogP contribution in [0.3, 0.4) is 0 Å². The molecular weight excluding hydrogens is 402 g/mol. The summed E-state index contributed by atoms with van der Waals surface area (Å²) >= 11 is 1.23. The second-order valence-electron chi connectivity index (χ2n) is 8.23. The molecule has 1 saturated heterocycles. The van der Waals surface area contributed by atoms with Crippen molar-refractivity contribution >= 4 is 34.3 Å². The van der Waals surface area contributed by atoms with Crippen LogP contribution in [0, 0.1) is 18.8 Å². The molecule has 166 valence electrons. The van der Waals surface area contributed by atoms with Gasteiger partial charge in [0, 0.05) is 25.6 Å². The Morgan fingerprint density at radius 3 is 2.60 bits per heavy atom. The predicted octanol–water partition coefficient (Wildman–Crippen LogP) is 3.80. The lowest BCUT2D eigenvalue weighted by Gasteiger charge is -2.34. The molecule has 8 heteroatoms. The molecule has 7 nitrogen and oxygen atoms in total. The highest BCUT2D eigenvalue weighted by Crippen LogP contribution is 2.34. The quantitative estimate of drug-likeness (QED) is 0.435. The number of aromatic nitrogens is 1. The summed E-state index contributed by atoms with van der Waals surface area (Å²) in [5, 5.41) is 0.558. The van der Waals surface area contributed by atoms with Gasteiger partial charge in [0.15, 0.2) is 5.13 Å². The van der Waals surface area contributed by atoms with Gasteiger partial charge in [0.25, 0.3) is 0 Å². The number of hydrogen-bond donors (Lipinski definition) is 0. The molecule has 2 amide bonds. The van der Waals surface area contributed by atoms with E-state index < -0.39 is 5.97 Å². The number of thiazole rings is 1. The molecule has 2 fully saturated rings. The zero-order chi connectivity index (χ0) is 21.7. The van der Waals surface area contributed by atoms with Crippen LogP contribution in [0.5, 0.6) is 0 Å². The standard InChI is InChI=1S/C22H33N3O4S/c1-4-6-7-13-25(22-23-15(3)18(30-22)21(28)29-5-2)20(27)17-9-8-12-24(14-17)19(26)16-10-11-16/h16-17H,4-14H2,1-3H3. The number of ether oxygens (including phenoxy) is 1. The Morgan fingerprint density at radius 2 is 1.93 bits per heavy atom. The number of carbonyl (C=O) groups is 3.